The predicted octanol–water partition coefficient (Wildman–Crippen LogP) is 5.65. The van der Waals surface area contributed by atoms with E-state index in [-0.39, 0.29) is 35.9 Å². The molecule has 0 saturated carbocycles. The van der Waals surface area contributed by atoms with Crippen molar-refractivity contribution in [3.63, 3.8) is 0 Å². The lowest BCUT2D eigenvalue weighted by atomic mass is 10.1. The monoisotopic (exact) mass is 500 g/mol. The van der Waals surface area contributed by atoms with Crippen LogP contribution in [0.15, 0.2) is 29.2 Å². The summed E-state index contributed by atoms with van der Waals surface area (Å²) >= 11 is 0. The Hall–Kier alpha value is -0.773. The zero-order valence-electron chi connectivity index (χ0n) is 21.8. The van der Waals surface area contributed by atoms with Gasteiger partial charge in [0.05, 0.1) is 31.8 Å². The molecule has 1 aromatic rings. The first-order valence-electron chi connectivity index (χ1n) is 12.1. The van der Waals surface area contributed by atoms with Gasteiger partial charge in [-0.05, 0) is 32.9 Å². The summed E-state index contributed by atoms with van der Waals surface area (Å²) in [5.41, 5.74) is 2.29. The Balaban J connectivity index is 2.26. The summed E-state index contributed by atoms with van der Waals surface area (Å²) in [5, 5.41) is 10.7. The number of aliphatic hydroxyl groups excluding tert-OH is 1. The zero-order valence-corrected chi connectivity index (χ0v) is 23.6. The lowest BCUT2D eigenvalue weighted by Crippen LogP contribution is -2.55. The van der Waals surface area contributed by atoms with E-state index in [9.17, 15) is 13.5 Å². The van der Waals surface area contributed by atoms with Crippen LogP contribution in [0.5, 0.6) is 0 Å². The van der Waals surface area contributed by atoms with Crippen LogP contribution in [0.4, 0.5) is 0 Å². The molecule has 0 unspecified atom stereocenters. The van der Waals surface area contributed by atoms with Gasteiger partial charge in [-0.15, -0.1) is 0 Å². The van der Waals surface area contributed by atoms with Gasteiger partial charge in [0.2, 0.25) is 0 Å². The number of hydrogen-bond donors (Lipinski definition) is 1. The van der Waals surface area contributed by atoms with E-state index in [1.54, 1.807) is 24.3 Å². The molecule has 6 nitrogen and oxygen atoms in total. The Labute approximate surface area is 202 Å². The first kappa shape index (κ1) is 28.5. The molecular formula is C25H44O6SSi. The molecule has 0 bridgehead atoms. The standard InChI is InChI=1S/C25H44O6SSi/c1-17(2)33(18(3)4,19(5)6)23(16-26)24-22(30-25(8,9)31-24)14-15-29-32(27,28)21-12-10-20(7)11-13-21/h10-13,17-19,22-24,26H,14-16H2,1-9H3/t22-,23-,24-/m0/s1. The van der Waals surface area contributed by atoms with E-state index in [0.717, 1.165) is 5.56 Å². The molecule has 8 heteroatoms. The fourth-order valence-corrected chi connectivity index (χ4v) is 15.0. The molecule has 1 aliphatic heterocycles. The molecule has 2 rings (SSSR count). The minimum Gasteiger partial charge on any atom is -0.396 e. The molecule has 0 radical (unpaired) electrons. The van der Waals surface area contributed by atoms with Crippen molar-refractivity contribution in [2.75, 3.05) is 13.2 Å². The van der Waals surface area contributed by atoms with Crippen molar-refractivity contribution in [2.45, 2.75) is 114 Å². The van der Waals surface area contributed by atoms with Crippen LogP contribution in [0.3, 0.4) is 0 Å². The topological polar surface area (TPSA) is 82.1 Å². The van der Waals surface area contributed by atoms with Gasteiger partial charge in [-0.2, -0.15) is 8.42 Å². The third-order valence-corrected chi connectivity index (χ3v) is 16.5. The fraction of sp³-hybridized carbons (Fsp3) is 0.760. The number of rotatable bonds is 11. The minimum absolute atomic E-state index is 0.00540. The molecule has 1 aliphatic rings. The molecule has 1 heterocycles. The van der Waals surface area contributed by atoms with Gasteiger partial charge in [-0.25, -0.2) is 0 Å². The highest BCUT2D eigenvalue weighted by molar-refractivity contribution is 7.86. The Kier molecular flexibility index (Phi) is 9.38. The van der Waals surface area contributed by atoms with E-state index < -0.39 is 24.0 Å². The second kappa shape index (κ2) is 10.9. The normalized spacial score (nSPS) is 22.5. The predicted molar refractivity (Wildman–Crippen MR) is 135 cm³/mol. The van der Waals surface area contributed by atoms with Crippen LogP contribution >= 0.6 is 0 Å². The van der Waals surface area contributed by atoms with Gasteiger partial charge >= 0.3 is 0 Å². The molecule has 190 valence electrons. The first-order valence-corrected chi connectivity index (χ1v) is 15.8. The highest BCUT2D eigenvalue weighted by Crippen LogP contribution is 2.53. The maximum absolute atomic E-state index is 12.6. The Morgan fingerprint density at radius 3 is 1.97 bits per heavy atom. The van der Waals surface area contributed by atoms with E-state index in [1.165, 1.54) is 0 Å². The number of benzene rings is 1. The van der Waals surface area contributed by atoms with Crippen molar-refractivity contribution in [3.05, 3.63) is 29.8 Å². The quantitative estimate of drug-likeness (QED) is 0.312. The van der Waals surface area contributed by atoms with Crippen molar-refractivity contribution in [1.29, 1.82) is 0 Å². The molecular weight excluding hydrogens is 456 g/mol. The van der Waals surface area contributed by atoms with E-state index >= 15 is 0 Å². The average Bonchev–Trinajstić information content (AvgIpc) is 2.99. The highest BCUT2D eigenvalue weighted by atomic mass is 32.2. The largest absolute Gasteiger partial charge is 0.396 e. The summed E-state index contributed by atoms with van der Waals surface area (Å²) < 4.78 is 43.2. The summed E-state index contributed by atoms with van der Waals surface area (Å²) in [6.45, 7) is 19.3. The average molecular weight is 501 g/mol. The van der Waals surface area contributed by atoms with Crippen LogP contribution in [0.2, 0.25) is 22.2 Å². The molecule has 1 saturated heterocycles. The van der Waals surface area contributed by atoms with Gasteiger partial charge in [-0.3, -0.25) is 4.18 Å². The third-order valence-electron chi connectivity index (χ3n) is 7.41. The van der Waals surface area contributed by atoms with Crippen LogP contribution in [-0.2, 0) is 23.8 Å². The molecule has 0 aliphatic carbocycles. The molecule has 0 aromatic heterocycles. The van der Waals surface area contributed by atoms with Crippen LogP contribution in [-0.4, -0.2) is 52.8 Å². The number of ether oxygens (including phenoxy) is 2. The van der Waals surface area contributed by atoms with E-state index in [0.29, 0.717) is 23.0 Å². The van der Waals surface area contributed by atoms with E-state index in [4.69, 9.17) is 13.7 Å². The second-order valence-corrected chi connectivity index (χ2v) is 18.6. The van der Waals surface area contributed by atoms with Gasteiger partial charge in [0.25, 0.3) is 10.1 Å². The summed E-state index contributed by atoms with van der Waals surface area (Å²) in [4.78, 5) is 0.146. The van der Waals surface area contributed by atoms with Gasteiger partial charge in [-0.1, -0.05) is 75.9 Å². The summed E-state index contributed by atoms with van der Waals surface area (Å²) in [7, 11) is -5.92. The minimum atomic E-state index is -3.85. The Bertz CT molecular complexity index is 842. The zero-order chi connectivity index (χ0) is 25.2. The van der Waals surface area contributed by atoms with Gasteiger partial charge in [0.1, 0.15) is 0 Å². The maximum Gasteiger partial charge on any atom is 0.296 e. The lowest BCUT2D eigenvalue weighted by Gasteiger charge is -2.50. The third kappa shape index (κ3) is 6.08. The smallest absolute Gasteiger partial charge is 0.296 e. The number of hydrogen-bond acceptors (Lipinski definition) is 6. The maximum atomic E-state index is 12.6. The molecule has 0 spiro atoms. The van der Waals surface area contributed by atoms with Crippen molar-refractivity contribution in [1.82, 2.24) is 0 Å². The lowest BCUT2D eigenvalue weighted by molar-refractivity contribution is -0.148. The summed E-state index contributed by atoms with van der Waals surface area (Å²) in [6, 6.07) is 6.62. The van der Waals surface area contributed by atoms with Gasteiger partial charge < -0.3 is 14.6 Å². The first-order chi connectivity index (χ1) is 15.2. The Morgan fingerprint density at radius 1 is 1.00 bits per heavy atom. The van der Waals surface area contributed by atoms with Crippen molar-refractivity contribution in [3.8, 4) is 0 Å². The Morgan fingerprint density at radius 2 is 1.52 bits per heavy atom. The summed E-state index contributed by atoms with van der Waals surface area (Å²) in [5.74, 6) is -0.802. The molecule has 33 heavy (non-hydrogen) atoms. The second-order valence-electron chi connectivity index (χ2n) is 10.8. The molecule has 3 atom stereocenters. The van der Waals surface area contributed by atoms with Crippen molar-refractivity contribution >= 4 is 18.2 Å². The van der Waals surface area contributed by atoms with Crippen LogP contribution < -0.4 is 0 Å². The SMILES string of the molecule is Cc1ccc(S(=O)(=O)OCC[C@@H]2OC(C)(C)O[C@@H]2[C@H](CO)[Si](C(C)C)(C(C)C)C(C)C)cc1. The van der Waals surface area contributed by atoms with Crippen LogP contribution in [0.25, 0.3) is 0 Å². The van der Waals surface area contributed by atoms with E-state index in [1.807, 2.05) is 20.8 Å². The number of aryl methyl sites for hydroxylation is 1. The molecule has 1 fully saturated rings. The van der Waals surface area contributed by atoms with Gasteiger partial charge in [0, 0.05) is 18.6 Å². The van der Waals surface area contributed by atoms with E-state index in [2.05, 4.69) is 41.5 Å². The molecule has 1 aromatic carbocycles. The van der Waals surface area contributed by atoms with Crippen LogP contribution in [0.1, 0.15) is 67.4 Å². The summed E-state index contributed by atoms with van der Waals surface area (Å²) in [6.07, 6.45) is -0.294. The number of aliphatic hydroxyl groups is 1. The fourth-order valence-electron chi connectivity index (χ4n) is 6.31. The van der Waals surface area contributed by atoms with Gasteiger partial charge in [0.15, 0.2) is 5.79 Å². The van der Waals surface area contributed by atoms with Crippen molar-refractivity contribution in [2.24, 2.45) is 0 Å². The molecule has 1 N–H and O–H groups in total. The van der Waals surface area contributed by atoms with Crippen LogP contribution in [0, 0.1) is 6.92 Å². The molecule has 0 amide bonds. The van der Waals surface area contributed by atoms with Crippen molar-refractivity contribution < 1.29 is 27.2 Å². The highest BCUT2D eigenvalue weighted by Gasteiger charge is 2.56.